The van der Waals surface area contributed by atoms with E-state index in [1.165, 1.54) is 5.39 Å². The van der Waals surface area contributed by atoms with Gasteiger partial charge in [-0.05, 0) is 77.2 Å². The van der Waals surface area contributed by atoms with Crippen LogP contribution in [0.3, 0.4) is 0 Å². The molecule has 0 saturated carbocycles. The predicted molar refractivity (Wildman–Crippen MR) is 264 cm³/mol. The fourth-order valence-electron chi connectivity index (χ4n) is 9.98. The molecular formula is C58H34N6O. The zero-order chi connectivity index (χ0) is 42.6. The Kier molecular flexibility index (Phi) is 7.55. The maximum atomic E-state index is 6.34. The van der Waals surface area contributed by atoms with Gasteiger partial charge in [0, 0.05) is 54.7 Å². The summed E-state index contributed by atoms with van der Waals surface area (Å²) in [5.74, 6) is 1.75. The van der Waals surface area contributed by atoms with E-state index < -0.39 is 0 Å². The second-order valence-electron chi connectivity index (χ2n) is 16.6. The number of aromatic nitrogens is 5. The highest BCUT2D eigenvalue weighted by Crippen LogP contribution is 2.52. The molecule has 7 nitrogen and oxygen atoms in total. The zero-order valence-electron chi connectivity index (χ0n) is 34.7. The third-order valence-electron chi connectivity index (χ3n) is 13.0. The van der Waals surface area contributed by atoms with Gasteiger partial charge in [0.25, 0.3) is 0 Å². The van der Waals surface area contributed by atoms with E-state index in [1.807, 2.05) is 72.8 Å². The topological polar surface area (TPSA) is 72.9 Å². The van der Waals surface area contributed by atoms with Gasteiger partial charge in [-0.25, -0.2) is 9.97 Å². The Balaban J connectivity index is 0.955. The van der Waals surface area contributed by atoms with Crippen LogP contribution in [-0.2, 0) is 0 Å². The lowest BCUT2D eigenvalue weighted by Gasteiger charge is -2.32. The van der Waals surface area contributed by atoms with Gasteiger partial charge in [-0.15, -0.1) is 0 Å². The number of rotatable bonds is 5. The Morgan fingerprint density at radius 1 is 0.369 bits per heavy atom. The van der Waals surface area contributed by atoms with E-state index in [-0.39, 0.29) is 0 Å². The van der Waals surface area contributed by atoms with Crippen LogP contribution in [0, 0.1) is 0 Å². The van der Waals surface area contributed by atoms with E-state index in [2.05, 4.69) is 143 Å². The molecule has 14 rings (SSSR count). The number of nitrogens with zero attached hydrogens (tertiary/aromatic N) is 6. The summed E-state index contributed by atoms with van der Waals surface area (Å²) in [5, 5.41) is 7.86. The summed E-state index contributed by atoms with van der Waals surface area (Å²) in [5.41, 5.74) is 14.0. The predicted octanol–water partition coefficient (Wildman–Crippen LogP) is 15.0. The molecule has 7 heteroatoms. The van der Waals surface area contributed by atoms with Crippen molar-refractivity contribution in [2.75, 3.05) is 4.90 Å². The summed E-state index contributed by atoms with van der Waals surface area (Å²) < 4.78 is 8.71. The number of fused-ring (bicyclic) bond motifs is 10. The minimum absolute atomic E-state index is 0.536. The average molecular weight is 831 g/mol. The van der Waals surface area contributed by atoms with Crippen LogP contribution in [-0.4, -0.2) is 24.5 Å². The fourth-order valence-corrected chi connectivity index (χ4v) is 9.98. The molecule has 0 bridgehead atoms. The van der Waals surface area contributed by atoms with Crippen molar-refractivity contribution in [3.8, 4) is 50.8 Å². The third kappa shape index (κ3) is 5.42. The molecule has 1 aliphatic rings. The lowest BCUT2D eigenvalue weighted by atomic mass is 9.91. The van der Waals surface area contributed by atoms with Crippen LogP contribution < -0.4 is 4.90 Å². The van der Waals surface area contributed by atoms with Gasteiger partial charge in [0.15, 0.2) is 11.6 Å². The number of hydrogen-bond acceptors (Lipinski definition) is 6. The van der Waals surface area contributed by atoms with Gasteiger partial charge >= 0.3 is 0 Å². The molecule has 9 aromatic carbocycles. The van der Waals surface area contributed by atoms with Crippen molar-refractivity contribution < 1.29 is 4.42 Å². The van der Waals surface area contributed by atoms with Gasteiger partial charge in [0.2, 0.25) is 5.95 Å². The molecule has 5 heterocycles. The Bertz CT molecular complexity index is 4010. The molecule has 0 fully saturated rings. The van der Waals surface area contributed by atoms with Crippen LogP contribution in [0.25, 0.3) is 116 Å². The van der Waals surface area contributed by atoms with E-state index >= 15 is 0 Å². The number of anilines is 3. The number of pyridine rings is 1. The summed E-state index contributed by atoms with van der Waals surface area (Å²) in [6.07, 6.45) is 0. The largest absolute Gasteiger partial charge is 0.456 e. The van der Waals surface area contributed by atoms with Crippen molar-refractivity contribution in [3.63, 3.8) is 0 Å². The normalized spacial score (nSPS) is 12.3. The monoisotopic (exact) mass is 830 g/mol. The van der Waals surface area contributed by atoms with Crippen molar-refractivity contribution in [3.05, 3.63) is 206 Å². The second-order valence-corrected chi connectivity index (χ2v) is 16.6. The third-order valence-corrected chi connectivity index (χ3v) is 13.0. The maximum Gasteiger partial charge on any atom is 0.238 e. The van der Waals surface area contributed by atoms with E-state index in [9.17, 15) is 0 Å². The smallest absolute Gasteiger partial charge is 0.238 e. The molecule has 0 atom stereocenters. The molecule has 4 aromatic heterocycles. The van der Waals surface area contributed by atoms with Crippen molar-refractivity contribution in [2.24, 2.45) is 0 Å². The Morgan fingerprint density at radius 2 is 1.03 bits per heavy atom. The van der Waals surface area contributed by atoms with E-state index in [1.54, 1.807) is 0 Å². The number of benzene rings is 9. The van der Waals surface area contributed by atoms with Crippen LogP contribution >= 0.6 is 0 Å². The van der Waals surface area contributed by atoms with E-state index in [0.717, 1.165) is 111 Å². The Hall–Kier alpha value is -8.94. The van der Waals surface area contributed by atoms with Crippen LogP contribution in [0.15, 0.2) is 211 Å². The van der Waals surface area contributed by atoms with Gasteiger partial charge in [-0.1, -0.05) is 146 Å². The van der Waals surface area contributed by atoms with Crippen molar-refractivity contribution in [1.29, 1.82) is 0 Å². The fraction of sp³-hybridized carbons (Fsp3) is 0. The molecule has 302 valence electrons. The summed E-state index contributed by atoms with van der Waals surface area (Å²) in [7, 11) is 0. The van der Waals surface area contributed by atoms with Crippen molar-refractivity contribution in [2.45, 2.75) is 0 Å². The molecule has 0 amide bonds. The highest BCUT2D eigenvalue weighted by molar-refractivity contribution is 6.20. The van der Waals surface area contributed by atoms with Crippen molar-refractivity contribution in [1.82, 2.24) is 24.5 Å². The van der Waals surface area contributed by atoms with E-state index in [4.69, 9.17) is 24.4 Å². The summed E-state index contributed by atoms with van der Waals surface area (Å²) in [6, 6.07) is 72.1. The first-order chi connectivity index (χ1) is 32.2. The SMILES string of the molecule is c1ccc(-c2nc(-c3ccccc3)nc(N3c4ccc(-c5ccc(-n6c7ccccc7c7cc8oc9ccccc9c8cc76)cc5)cc4-c4nc5ccccc5c5cccc3c45)n2)cc1. The summed E-state index contributed by atoms with van der Waals surface area (Å²) in [4.78, 5) is 23.1. The molecule has 65 heavy (non-hydrogen) atoms. The Labute approximate surface area is 372 Å². The molecule has 0 spiro atoms. The van der Waals surface area contributed by atoms with Crippen LogP contribution in [0.4, 0.5) is 17.3 Å². The zero-order valence-corrected chi connectivity index (χ0v) is 34.7. The average Bonchev–Trinajstić information content (AvgIpc) is 3.90. The first-order valence-corrected chi connectivity index (χ1v) is 21.8. The molecule has 0 unspecified atom stereocenters. The van der Waals surface area contributed by atoms with Gasteiger partial charge in [-0.2, -0.15) is 9.97 Å². The quantitative estimate of drug-likeness (QED) is 0.161. The lowest BCUT2D eigenvalue weighted by molar-refractivity contribution is 0.669. The minimum atomic E-state index is 0.536. The Morgan fingerprint density at radius 3 is 1.82 bits per heavy atom. The first kappa shape index (κ1) is 35.6. The highest BCUT2D eigenvalue weighted by Gasteiger charge is 2.31. The highest BCUT2D eigenvalue weighted by atomic mass is 16.3. The lowest BCUT2D eigenvalue weighted by Crippen LogP contribution is -2.19. The van der Waals surface area contributed by atoms with Gasteiger partial charge in [0.1, 0.15) is 11.2 Å². The van der Waals surface area contributed by atoms with Gasteiger partial charge in [0.05, 0.1) is 33.6 Å². The molecule has 0 radical (unpaired) electrons. The standard InChI is InChI=1S/C58H34N6O/c1-3-14-36(15-4-1)56-60-57(37-16-5-2-6-17-37)62-58(61-56)64-49-31-28-38(32-46(49)55-54-43(21-13-24-50(54)64)40-18-7-10-22-47(40)59-55)35-26-29-39(30-27-35)63-48-23-11-8-19-41(48)44-34-53-45(33-51(44)63)42-20-9-12-25-52(42)65-53/h1-34H. The second kappa shape index (κ2) is 13.8. The van der Waals surface area contributed by atoms with Gasteiger partial charge < -0.3 is 8.98 Å². The maximum absolute atomic E-state index is 6.34. The molecule has 1 aliphatic heterocycles. The molecule has 0 saturated heterocycles. The van der Waals surface area contributed by atoms with Crippen LogP contribution in [0.2, 0.25) is 0 Å². The van der Waals surface area contributed by atoms with E-state index in [0.29, 0.717) is 17.6 Å². The molecule has 0 aliphatic carbocycles. The van der Waals surface area contributed by atoms with Crippen LogP contribution in [0.5, 0.6) is 0 Å². The number of hydrogen-bond donors (Lipinski definition) is 0. The molecule has 13 aromatic rings. The summed E-state index contributed by atoms with van der Waals surface area (Å²) >= 11 is 0. The summed E-state index contributed by atoms with van der Waals surface area (Å²) in [6.45, 7) is 0. The van der Waals surface area contributed by atoms with Crippen LogP contribution in [0.1, 0.15) is 0 Å². The first-order valence-electron chi connectivity index (χ1n) is 21.8. The van der Waals surface area contributed by atoms with Crippen molar-refractivity contribution >= 4 is 82.7 Å². The number of para-hydroxylation sites is 3. The van der Waals surface area contributed by atoms with Gasteiger partial charge in [-0.3, -0.25) is 4.90 Å². The minimum Gasteiger partial charge on any atom is -0.456 e. The molecular weight excluding hydrogens is 797 g/mol. The number of furan rings is 1. The molecule has 0 N–H and O–H groups in total.